The molecule has 0 N–H and O–H groups in total. The minimum atomic E-state index is -0.834. The predicted octanol–water partition coefficient (Wildman–Crippen LogP) is 16.5. The van der Waals surface area contributed by atoms with Gasteiger partial charge in [0.1, 0.15) is 13.2 Å². The zero-order valence-corrected chi connectivity index (χ0v) is 40.5. The number of ether oxygens (including phenoxy) is 3. The highest BCUT2D eigenvalue weighted by molar-refractivity contribution is 5.71. The van der Waals surface area contributed by atoms with Gasteiger partial charge in [-0.25, -0.2) is 0 Å². The second-order valence-electron chi connectivity index (χ2n) is 15.6. The average molecular weight is 881 g/mol. The van der Waals surface area contributed by atoms with Gasteiger partial charge in [-0.15, -0.1) is 0 Å². The topological polar surface area (TPSA) is 78.9 Å². The van der Waals surface area contributed by atoms with E-state index < -0.39 is 6.10 Å². The molecular weight excluding hydrogens is 793 g/mol. The Kier molecular flexibility index (Phi) is 47.2. The second-order valence-corrected chi connectivity index (χ2v) is 15.6. The number of unbranched alkanes of at least 4 members (excludes halogenated alkanes) is 7. The molecule has 0 saturated carbocycles. The third-order valence-electron chi connectivity index (χ3n) is 9.57. The molecule has 0 heterocycles. The molecule has 64 heavy (non-hydrogen) atoms. The Morgan fingerprint density at radius 1 is 0.312 bits per heavy atom. The minimum Gasteiger partial charge on any atom is -0.462 e. The SMILES string of the molecule is CC/C=C\C/C=C\C/C=C\C/C=C\C/C=C\CCCCCC(=O)OCC(COC(=O)CCC/C=C\C/C=C\C/C=C\CC)OC(=O)CCCCC/C=C\C/C=C\C/C=C\C/C=C\CC. The summed E-state index contributed by atoms with van der Waals surface area (Å²) in [5.74, 6) is -1.06. The van der Waals surface area contributed by atoms with E-state index in [2.05, 4.69) is 167 Å². The summed E-state index contributed by atoms with van der Waals surface area (Å²) in [4.78, 5) is 37.9. The molecule has 356 valence electrons. The van der Waals surface area contributed by atoms with Crippen molar-refractivity contribution in [3.05, 3.63) is 146 Å². The molecule has 0 radical (unpaired) electrons. The van der Waals surface area contributed by atoms with Crippen LogP contribution in [0.4, 0.5) is 0 Å². The first kappa shape index (κ1) is 59.3. The Bertz CT molecular complexity index is 1480. The van der Waals surface area contributed by atoms with Crippen LogP contribution in [-0.4, -0.2) is 37.2 Å². The minimum absolute atomic E-state index is 0.131. The normalized spacial score (nSPS) is 13.4. The molecule has 0 rings (SSSR count). The summed E-state index contributed by atoms with van der Waals surface area (Å²) in [6.07, 6.45) is 72.7. The molecule has 0 aromatic carbocycles. The summed E-state index contributed by atoms with van der Waals surface area (Å²) < 4.78 is 16.7. The molecule has 0 fully saturated rings. The van der Waals surface area contributed by atoms with Crippen molar-refractivity contribution in [1.29, 1.82) is 0 Å². The first-order valence-electron chi connectivity index (χ1n) is 24.8. The molecule has 0 aliphatic rings. The lowest BCUT2D eigenvalue weighted by molar-refractivity contribution is -0.167. The van der Waals surface area contributed by atoms with E-state index >= 15 is 0 Å². The largest absolute Gasteiger partial charge is 0.462 e. The fourth-order valence-corrected chi connectivity index (χ4v) is 5.95. The van der Waals surface area contributed by atoms with Gasteiger partial charge in [0.2, 0.25) is 0 Å². The number of rotatable bonds is 42. The quantitative estimate of drug-likeness (QED) is 0.0263. The zero-order chi connectivity index (χ0) is 46.5. The molecule has 1 unspecified atom stereocenters. The van der Waals surface area contributed by atoms with Crippen LogP contribution < -0.4 is 0 Å². The third kappa shape index (κ3) is 48.3. The van der Waals surface area contributed by atoms with Crippen molar-refractivity contribution in [2.45, 2.75) is 187 Å². The monoisotopic (exact) mass is 881 g/mol. The van der Waals surface area contributed by atoms with Crippen molar-refractivity contribution in [2.75, 3.05) is 13.2 Å². The van der Waals surface area contributed by atoms with Gasteiger partial charge in [-0.3, -0.25) is 14.4 Å². The van der Waals surface area contributed by atoms with Gasteiger partial charge in [-0.1, -0.05) is 179 Å². The van der Waals surface area contributed by atoms with E-state index in [0.717, 1.165) is 128 Å². The number of hydrogen-bond acceptors (Lipinski definition) is 6. The summed E-state index contributed by atoms with van der Waals surface area (Å²) >= 11 is 0. The molecular formula is C58H88O6. The fourth-order valence-electron chi connectivity index (χ4n) is 5.95. The smallest absolute Gasteiger partial charge is 0.306 e. The van der Waals surface area contributed by atoms with Gasteiger partial charge in [0.05, 0.1) is 0 Å². The van der Waals surface area contributed by atoms with E-state index in [-0.39, 0.29) is 44.0 Å². The Labute approximate surface area is 391 Å². The van der Waals surface area contributed by atoms with Gasteiger partial charge >= 0.3 is 17.9 Å². The highest BCUT2D eigenvalue weighted by Gasteiger charge is 2.19. The van der Waals surface area contributed by atoms with Gasteiger partial charge in [-0.05, 0) is 128 Å². The number of carbonyl (C=O) groups is 3. The molecule has 1 atom stereocenters. The predicted molar refractivity (Wildman–Crippen MR) is 274 cm³/mol. The standard InChI is InChI=1S/C58H88O6/c1-4-7-10-13-16-19-22-24-26-28-29-30-32-33-36-39-42-45-48-51-57(60)63-54-55(53-62-56(59)50-47-44-41-38-35-21-18-15-12-9-6-3)64-58(61)52-49-46-43-40-37-34-31-27-25-23-20-17-14-11-8-5-2/h7-12,16-21,24-27,29-30,33-34,36-38,41,55H,4-6,13-15,22-23,28,31-32,35,39-40,42-54H2,1-3H3/b10-7-,11-8-,12-9-,19-16-,20-17-,21-18-,26-24-,27-25-,30-29-,36-33-,37-34-,41-38-. The van der Waals surface area contributed by atoms with Gasteiger partial charge in [0.25, 0.3) is 0 Å². The molecule has 0 saturated heterocycles. The highest BCUT2D eigenvalue weighted by atomic mass is 16.6. The summed E-state index contributed by atoms with van der Waals surface area (Å²) in [5, 5.41) is 0. The Morgan fingerprint density at radius 3 is 0.906 bits per heavy atom. The van der Waals surface area contributed by atoms with Crippen molar-refractivity contribution in [2.24, 2.45) is 0 Å². The van der Waals surface area contributed by atoms with Gasteiger partial charge < -0.3 is 14.2 Å². The zero-order valence-electron chi connectivity index (χ0n) is 40.5. The maximum Gasteiger partial charge on any atom is 0.306 e. The summed E-state index contributed by atoms with van der Waals surface area (Å²) in [6, 6.07) is 0. The maximum absolute atomic E-state index is 12.8. The number of hydrogen-bond donors (Lipinski definition) is 0. The van der Waals surface area contributed by atoms with Crippen LogP contribution in [0.25, 0.3) is 0 Å². The lowest BCUT2D eigenvalue weighted by Gasteiger charge is -2.18. The van der Waals surface area contributed by atoms with Crippen LogP contribution in [0.3, 0.4) is 0 Å². The van der Waals surface area contributed by atoms with Crippen molar-refractivity contribution in [1.82, 2.24) is 0 Å². The van der Waals surface area contributed by atoms with Crippen LogP contribution in [0.1, 0.15) is 181 Å². The Balaban J connectivity index is 4.57. The van der Waals surface area contributed by atoms with E-state index in [1.54, 1.807) is 0 Å². The first-order chi connectivity index (χ1) is 31.5. The van der Waals surface area contributed by atoms with Crippen LogP contribution in [-0.2, 0) is 28.6 Å². The number of carbonyl (C=O) groups excluding carboxylic acids is 3. The number of esters is 3. The molecule has 0 amide bonds. The first-order valence-corrected chi connectivity index (χ1v) is 24.8. The molecule has 0 aromatic rings. The van der Waals surface area contributed by atoms with E-state index in [1.807, 2.05) is 0 Å². The van der Waals surface area contributed by atoms with E-state index in [1.165, 1.54) is 0 Å². The molecule has 6 nitrogen and oxygen atoms in total. The Hall–Kier alpha value is -4.71. The van der Waals surface area contributed by atoms with Crippen molar-refractivity contribution in [3.63, 3.8) is 0 Å². The van der Waals surface area contributed by atoms with Crippen LogP contribution in [0, 0.1) is 0 Å². The summed E-state index contributed by atoms with van der Waals surface area (Å²) in [7, 11) is 0. The van der Waals surface area contributed by atoms with E-state index in [4.69, 9.17) is 14.2 Å². The summed E-state index contributed by atoms with van der Waals surface area (Å²) in [5.41, 5.74) is 0. The highest BCUT2D eigenvalue weighted by Crippen LogP contribution is 2.10. The van der Waals surface area contributed by atoms with Crippen molar-refractivity contribution >= 4 is 17.9 Å². The third-order valence-corrected chi connectivity index (χ3v) is 9.57. The number of allylic oxidation sites excluding steroid dienone is 24. The van der Waals surface area contributed by atoms with Gasteiger partial charge in [0.15, 0.2) is 6.10 Å². The lowest BCUT2D eigenvalue weighted by Crippen LogP contribution is -2.30. The van der Waals surface area contributed by atoms with Gasteiger partial charge in [0, 0.05) is 19.3 Å². The molecule has 0 bridgehead atoms. The second kappa shape index (κ2) is 50.9. The Morgan fingerprint density at radius 2 is 0.578 bits per heavy atom. The van der Waals surface area contributed by atoms with Crippen LogP contribution >= 0.6 is 0 Å². The van der Waals surface area contributed by atoms with Crippen LogP contribution in [0.5, 0.6) is 0 Å². The van der Waals surface area contributed by atoms with E-state index in [9.17, 15) is 14.4 Å². The van der Waals surface area contributed by atoms with Crippen molar-refractivity contribution in [3.8, 4) is 0 Å². The molecule has 0 aromatic heterocycles. The van der Waals surface area contributed by atoms with E-state index in [0.29, 0.717) is 19.3 Å². The van der Waals surface area contributed by atoms with Crippen LogP contribution in [0.2, 0.25) is 0 Å². The molecule has 0 aliphatic heterocycles. The maximum atomic E-state index is 12.8. The van der Waals surface area contributed by atoms with Crippen LogP contribution in [0.15, 0.2) is 146 Å². The average Bonchev–Trinajstić information content (AvgIpc) is 3.29. The molecule has 0 aliphatic carbocycles. The lowest BCUT2D eigenvalue weighted by atomic mass is 10.1. The molecule has 0 spiro atoms. The van der Waals surface area contributed by atoms with Gasteiger partial charge in [-0.2, -0.15) is 0 Å². The summed E-state index contributed by atoms with van der Waals surface area (Å²) in [6.45, 7) is 6.15. The fraction of sp³-hybridized carbons (Fsp3) is 0.534. The van der Waals surface area contributed by atoms with Crippen molar-refractivity contribution < 1.29 is 28.6 Å². The molecule has 6 heteroatoms.